The molecule has 1 N–H and O–H groups in total. The van der Waals surface area contributed by atoms with Crippen molar-refractivity contribution in [1.29, 1.82) is 0 Å². The molecule has 0 bridgehead atoms. The van der Waals surface area contributed by atoms with Gasteiger partial charge < -0.3 is 5.32 Å². The van der Waals surface area contributed by atoms with Crippen LogP contribution in [0.15, 0.2) is 0 Å². The number of sulfonamides is 1. The summed E-state index contributed by atoms with van der Waals surface area (Å²) >= 11 is 0. The summed E-state index contributed by atoms with van der Waals surface area (Å²) in [4.78, 5) is 11.3. The number of alkyl halides is 3. The SMILES string of the molecule is CNC(=O)C1CN(S(C)(=O)=O)C1CC(F)(F)F. The minimum atomic E-state index is -4.50. The van der Waals surface area contributed by atoms with Crippen molar-refractivity contribution in [3.05, 3.63) is 0 Å². The molecule has 2 atom stereocenters. The van der Waals surface area contributed by atoms with E-state index in [-0.39, 0.29) is 6.54 Å². The Morgan fingerprint density at radius 2 is 2.00 bits per heavy atom. The number of carbonyl (C=O) groups is 1. The molecule has 0 spiro atoms. The summed E-state index contributed by atoms with van der Waals surface area (Å²) in [6.45, 7) is -0.195. The zero-order chi connectivity index (χ0) is 13.4. The monoisotopic (exact) mass is 274 g/mol. The van der Waals surface area contributed by atoms with E-state index in [1.807, 2.05) is 0 Å². The van der Waals surface area contributed by atoms with Crippen molar-refractivity contribution in [2.24, 2.45) is 5.92 Å². The van der Waals surface area contributed by atoms with Crippen molar-refractivity contribution >= 4 is 15.9 Å². The third kappa shape index (κ3) is 3.32. The number of halogens is 3. The van der Waals surface area contributed by atoms with Crippen molar-refractivity contribution < 1.29 is 26.4 Å². The van der Waals surface area contributed by atoms with E-state index in [9.17, 15) is 26.4 Å². The number of hydrogen-bond acceptors (Lipinski definition) is 3. The van der Waals surface area contributed by atoms with Crippen molar-refractivity contribution in [3.8, 4) is 0 Å². The molecule has 1 aliphatic heterocycles. The maximum Gasteiger partial charge on any atom is 0.390 e. The Morgan fingerprint density at radius 3 is 2.35 bits per heavy atom. The average Bonchev–Trinajstić information content (AvgIpc) is 2.08. The summed E-state index contributed by atoms with van der Waals surface area (Å²) in [5.41, 5.74) is 0. The Kier molecular flexibility index (Phi) is 3.72. The molecule has 0 aromatic carbocycles. The van der Waals surface area contributed by atoms with E-state index >= 15 is 0 Å². The molecule has 100 valence electrons. The highest BCUT2D eigenvalue weighted by Gasteiger charge is 2.51. The van der Waals surface area contributed by atoms with Crippen LogP contribution in [0.2, 0.25) is 0 Å². The van der Waals surface area contributed by atoms with Gasteiger partial charge >= 0.3 is 6.18 Å². The van der Waals surface area contributed by atoms with Gasteiger partial charge in [0.15, 0.2) is 0 Å². The number of amides is 1. The molecule has 0 aliphatic carbocycles. The Labute approximate surface area is 97.0 Å². The highest BCUT2D eigenvalue weighted by Crippen LogP contribution is 2.36. The van der Waals surface area contributed by atoms with Gasteiger partial charge in [-0.1, -0.05) is 0 Å². The topological polar surface area (TPSA) is 66.5 Å². The van der Waals surface area contributed by atoms with Crippen LogP contribution in [0.25, 0.3) is 0 Å². The van der Waals surface area contributed by atoms with E-state index in [0.717, 1.165) is 6.26 Å². The standard InChI is InChI=1S/C8H13F3N2O3S/c1-12-7(14)5-4-13(17(2,15)16)6(5)3-8(9,10)11/h5-6H,3-4H2,1-2H3,(H,12,14). The Hall–Kier alpha value is -0.830. The zero-order valence-electron chi connectivity index (χ0n) is 9.28. The fraction of sp³-hybridized carbons (Fsp3) is 0.875. The van der Waals surface area contributed by atoms with Gasteiger partial charge in [-0.2, -0.15) is 17.5 Å². The fourth-order valence-corrected chi connectivity index (χ4v) is 2.96. The maximum atomic E-state index is 12.3. The Bertz CT molecular complexity index is 407. The van der Waals surface area contributed by atoms with Gasteiger partial charge in [-0.25, -0.2) is 8.42 Å². The van der Waals surface area contributed by atoms with Crippen molar-refractivity contribution in [2.75, 3.05) is 19.8 Å². The van der Waals surface area contributed by atoms with E-state index in [2.05, 4.69) is 5.32 Å². The van der Waals surface area contributed by atoms with Crippen LogP contribution in [-0.4, -0.2) is 50.7 Å². The number of rotatable bonds is 3. The van der Waals surface area contributed by atoms with Crippen molar-refractivity contribution in [2.45, 2.75) is 18.6 Å². The molecule has 0 aromatic rings. The Morgan fingerprint density at radius 1 is 1.47 bits per heavy atom. The van der Waals surface area contributed by atoms with Crippen LogP contribution in [-0.2, 0) is 14.8 Å². The largest absolute Gasteiger partial charge is 0.390 e. The molecule has 1 heterocycles. The van der Waals surface area contributed by atoms with Gasteiger partial charge in [-0.05, 0) is 0 Å². The van der Waals surface area contributed by atoms with Gasteiger partial charge in [0, 0.05) is 19.6 Å². The summed E-state index contributed by atoms with van der Waals surface area (Å²) in [6, 6.07) is -1.33. The predicted octanol–water partition coefficient (Wildman–Crippen LogP) is -0.0552. The second kappa shape index (κ2) is 4.45. The second-order valence-corrected chi connectivity index (χ2v) is 5.88. The molecular weight excluding hydrogens is 261 g/mol. The normalized spacial score (nSPS) is 26.4. The molecule has 2 unspecified atom stereocenters. The van der Waals surface area contributed by atoms with Crippen molar-refractivity contribution in [3.63, 3.8) is 0 Å². The minimum Gasteiger partial charge on any atom is -0.359 e. The van der Waals surface area contributed by atoms with E-state index in [1.54, 1.807) is 0 Å². The predicted molar refractivity (Wildman–Crippen MR) is 53.6 cm³/mol. The highest BCUT2D eigenvalue weighted by molar-refractivity contribution is 7.88. The first-order chi connectivity index (χ1) is 7.56. The number of carbonyl (C=O) groups excluding carboxylic acids is 1. The molecular formula is C8H13F3N2O3S. The molecule has 1 fully saturated rings. The van der Waals surface area contributed by atoms with E-state index < -0.39 is 40.5 Å². The first-order valence-corrected chi connectivity index (χ1v) is 6.66. The summed E-state index contributed by atoms with van der Waals surface area (Å²) < 4.78 is 59.9. The first kappa shape index (κ1) is 14.2. The lowest BCUT2D eigenvalue weighted by molar-refractivity contribution is -0.161. The van der Waals surface area contributed by atoms with Crippen LogP contribution in [0.5, 0.6) is 0 Å². The van der Waals surface area contributed by atoms with Crippen LogP contribution in [0.1, 0.15) is 6.42 Å². The lowest BCUT2D eigenvalue weighted by Crippen LogP contribution is -2.63. The highest BCUT2D eigenvalue weighted by atomic mass is 32.2. The number of nitrogens with zero attached hydrogens (tertiary/aromatic N) is 1. The van der Waals surface area contributed by atoms with E-state index in [1.165, 1.54) is 7.05 Å². The summed E-state index contributed by atoms with van der Waals surface area (Å²) in [5, 5.41) is 2.23. The van der Waals surface area contributed by atoms with Crippen LogP contribution in [0.4, 0.5) is 13.2 Å². The molecule has 5 nitrogen and oxygen atoms in total. The van der Waals surface area contributed by atoms with Gasteiger partial charge in [-0.15, -0.1) is 0 Å². The lowest BCUT2D eigenvalue weighted by Gasteiger charge is -2.45. The molecule has 0 aromatic heterocycles. The second-order valence-electron chi connectivity index (χ2n) is 3.94. The minimum absolute atomic E-state index is 0.195. The first-order valence-electron chi connectivity index (χ1n) is 4.81. The Balaban J connectivity index is 2.85. The molecule has 1 saturated heterocycles. The third-order valence-electron chi connectivity index (χ3n) is 2.66. The van der Waals surface area contributed by atoms with Gasteiger partial charge in [-0.3, -0.25) is 4.79 Å². The van der Waals surface area contributed by atoms with Gasteiger partial charge in [0.2, 0.25) is 15.9 Å². The fourth-order valence-electron chi connectivity index (χ4n) is 1.82. The van der Waals surface area contributed by atoms with E-state index in [4.69, 9.17) is 0 Å². The summed E-state index contributed by atoms with van der Waals surface area (Å²) in [7, 11) is -2.41. The lowest BCUT2D eigenvalue weighted by atomic mass is 9.88. The molecule has 1 aliphatic rings. The van der Waals surface area contributed by atoms with Crippen molar-refractivity contribution in [1.82, 2.24) is 9.62 Å². The smallest absolute Gasteiger partial charge is 0.359 e. The summed E-state index contributed by atoms with van der Waals surface area (Å²) in [5.74, 6) is -1.50. The molecule has 1 rings (SSSR count). The van der Waals surface area contributed by atoms with Gasteiger partial charge in [0.05, 0.1) is 18.6 Å². The van der Waals surface area contributed by atoms with Gasteiger partial charge in [0.1, 0.15) is 0 Å². The van der Waals surface area contributed by atoms with E-state index in [0.29, 0.717) is 4.31 Å². The molecule has 9 heteroatoms. The average molecular weight is 274 g/mol. The molecule has 17 heavy (non-hydrogen) atoms. The van der Waals surface area contributed by atoms with Gasteiger partial charge in [0.25, 0.3) is 0 Å². The number of nitrogens with one attached hydrogen (secondary N) is 1. The maximum absolute atomic E-state index is 12.3. The summed E-state index contributed by atoms with van der Waals surface area (Å²) in [6.07, 6.45) is -4.98. The van der Waals surface area contributed by atoms with Crippen LogP contribution in [0, 0.1) is 5.92 Å². The molecule has 0 radical (unpaired) electrons. The third-order valence-corrected chi connectivity index (χ3v) is 3.93. The van der Waals surface area contributed by atoms with Crippen LogP contribution < -0.4 is 5.32 Å². The van der Waals surface area contributed by atoms with Crippen LogP contribution >= 0.6 is 0 Å². The number of hydrogen-bond donors (Lipinski definition) is 1. The molecule has 0 saturated carbocycles. The quantitative estimate of drug-likeness (QED) is 0.784. The zero-order valence-corrected chi connectivity index (χ0v) is 10.1. The van der Waals surface area contributed by atoms with Crippen LogP contribution in [0.3, 0.4) is 0 Å². The molecule has 1 amide bonds.